The predicted molar refractivity (Wildman–Crippen MR) is 200 cm³/mol. The molecule has 50 heavy (non-hydrogen) atoms. The molecular weight excluding hydrogens is 661 g/mol. The van der Waals surface area contributed by atoms with Crippen LogP contribution in [-0.2, 0) is 42.1 Å². The third kappa shape index (κ3) is 36.7. The van der Waals surface area contributed by atoms with Crippen LogP contribution >= 0.6 is 7.82 Å². The van der Waals surface area contributed by atoms with Gasteiger partial charge in [0.2, 0.25) is 0 Å². The van der Waals surface area contributed by atoms with Crippen LogP contribution in [0.25, 0.3) is 0 Å². The molecule has 0 aliphatic rings. The highest BCUT2D eigenvalue weighted by molar-refractivity contribution is 7.47. The van der Waals surface area contributed by atoms with E-state index >= 15 is 0 Å². The normalized spacial score (nSPS) is 13.3. The van der Waals surface area contributed by atoms with Crippen LogP contribution in [0, 0.1) is 0 Å². The van der Waals surface area contributed by atoms with Crippen molar-refractivity contribution in [3.05, 3.63) is 0 Å². The number of phosphoric acid groups is 1. The van der Waals surface area contributed by atoms with E-state index in [-0.39, 0.29) is 32.0 Å². The zero-order valence-corrected chi connectivity index (χ0v) is 33.2. The molecule has 298 valence electrons. The van der Waals surface area contributed by atoms with Gasteiger partial charge in [-0.2, -0.15) is 0 Å². The first-order chi connectivity index (χ1) is 24.3. The standard InChI is InChI=1S/C38H76NO10P/c1-4-6-8-10-12-14-16-18-20-22-24-26-37(40)46-34-36(35-48-50(42,43)47-31-29-39-28-30-45-33-32-44-3)49-38(41)27-25-23-21-19-17-15-13-11-9-7-5-2/h36,39H,4-35H2,1-3H3,(H,42,43). The molecule has 0 aromatic rings. The molecule has 0 saturated heterocycles. The van der Waals surface area contributed by atoms with E-state index in [1.807, 2.05) is 0 Å². The van der Waals surface area contributed by atoms with Gasteiger partial charge in [-0.15, -0.1) is 0 Å². The van der Waals surface area contributed by atoms with Crippen molar-refractivity contribution in [3.8, 4) is 0 Å². The van der Waals surface area contributed by atoms with Gasteiger partial charge in [0, 0.05) is 33.0 Å². The van der Waals surface area contributed by atoms with Crippen molar-refractivity contribution in [2.24, 2.45) is 0 Å². The van der Waals surface area contributed by atoms with Gasteiger partial charge in [-0.25, -0.2) is 4.57 Å². The van der Waals surface area contributed by atoms with Crippen molar-refractivity contribution in [1.29, 1.82) is 0 Å². The summed E-state index contributed by atoms with van der Waals surface area (Å²) in [6.45, 7) is 6.07. The minimum atomic E-state index is -4.42. The highest BCUT2D eigenvalue weighted by atomic mass is 31.2. The summed E-state index contributed by atoms with van der Waals surface area (Å²) in [6.07, 6.45) is 25.5. The summed E-state index contributed by atoms with van der Waals surface area (Å²) < 4.78 is 43.8. The maximum absolute atomic E-state index is 12.6. The Morgan fingerprint density at radius 2 is 1.04 bits per heavy atom. The van der Waals surface area contributed by atoms with Crippen LogP contribution in [0.3, 0.4) is 0 Å². The van der Waals surface area contributed by atoms with Crippen LogP contribution < -0.4 is 5.32 Å². The summed E-state index contributed by atoms with van der Waals surface area (Å²) in [5.41, 5.74) is 0. The molecule has 0 aliphatic heterocycles. The smallest absolute Gasteiger partial charge is 0.462 e. The van der Waals surface area contributed by atoms with E-state index < -0.39 is 26.5 Å². The quantitative estimate of drug-likeness (QED) is 0.0353. The second-order valence-corrected chi connectivity index (χ2v) is 14.8. The molecule has 0 rings (SSSR count). The second-order valence-electron chi connectivity index (χ2n) is 13.3. The van der Waals surface area contributed by atoms with Gasteiger partial charge in [-0.3, -0.25) is 18.6 Å². The van der Waals surface area contributed by atoms with E-state index in [1.165, 1.54) is 96.3 Å². The van der Waals surface area contributed by atoms with Crippen molar-refractivity contribution in [2.45, 2.75) is 174 Å². The second kappa shape index (κ2) is 37.7. The maximum Gasteiger partial charge on any atom is 0.472 e. The summed E-state index contributed by atoms with van der Waals surface area (Å²) in [4.78, 5) is 35.2. The molecule has 0 saturated carbocycles. The van der Waals surface area contributed by atoms with Gasteiger partial charge in [0.15, 0.2) is 6.10 Å². The minimum Gasteiger partial charge on any atom is -0.462 e. The lowest BCUT2D eigenvalue weighted by Gasteiger charge is -2.20. The van der Waals surface area contributed by atoms with E-state index in [2.05, 4.69) is 19.2 Å². The number of nitrogens with one attached hydrogen (secondary N) is 1. The van der Waals surface area contributed by atoms with Gasteiger partial charge in [0.05, 0.1) is 33.0 Å². The van der Waals surface area contributed by atoms with E-state index in [9.17, 15) is 19.0 Å². The molecule has 0 radical (unpaired) electrons. The Kier molecular flexibility index (Phi) is 36.9. The Bertz CT molecular complexity index is 804. The summed E-state index contributed by atoms with van der Waals surface area (Å²) >= 11 is 0. The minimum absolute atomic E-state index is 0.0664. The number of unbranched alkanes of at least 4 members (excludes halogenated alkanes) is 20. The first-order valence-electron chi connectivity index (χ1n) is 20.1. The number of carbonyl (C=O) groups excluding carboxylic acids is 2. The zero-order chi connectivity index (χ0) is 36.8. The largest absolute Gasteiger partial charge is 0.472 e. The summed E-state index contributed by atoms with van der Waals surface area (Å²) in [5, 5.41) is 3.04. The molecule has 2 atom stereocenters. The zero-order valence-electron chi connectivity index (χ0n) is 32.3. The fourth-order valence-corrected chi connectivity index (χ4v) is 6.20. The lowest BCUT2D eigenvalue weighted by atomic mass is 10.1. The molecule has 0 aromatic heterocycles. The molecule has 0 amide bonds. The number of hydrogen-bond acceptors (Lipinski definition) is 10. The van der Waals surface area contributed by atoms with Crippen molar-refractivity contribution in [1.82, 2.24) is 5.32 Å². The molecule has 0 aliphatic carbocycles. The van der Waals surface area contributed by atoms with Crippen LogP contribution in [0.5, 0.6) is 0 Å². The Morgan fingerprint density at radius 3 is 1.54 bits per heavy atom. The van der Waals surface area contributed by atoms with Crippen LogP contribution in [0.1, 0.15) is 168 Å². The molecule has 2 N–H and O–H groups in total. The summed E-state index contributed by atoms with van der Waals surface area (Å²) in [7, 11) is -2.81. The topological polar surface area (TPSA) is 139 Å². The van der Waals surface area contributed by atoms with Crippen molar-refractivity contribution in [3.63, 3.8) is 0 Å². The molecule has 2 unspecified atom stereocenters. The average Bonchev–Trinajstić information content (AvgIpc) is 3.10. The van der Waals surface area contributed by atoms with Gasteiger partial charge in [0.1, 0.15) is 6.61 Å². The van der Waals surface area contributed by atoms with Crippen LogP contribution in [0.4, 0.5) is 0 Å². The third-order valence-corrected chi connectivity index (χ3v) is 9.49. The predicted octanol–water partition coefficient (Wildman–Crippen LogP) is 9.23. The lowest BCUT2D eigenvalue weighted by molar-refractivity contribution is -0.161. The Morgan fingerprint density at radius 1 is 0.580 bits per heavy atom. The van der Waals surface area contributed by atoms with Gasteiger partial charge in [-0.1, -0.05) is 142 Å². The number of ether oxygens (including phenoxy) is 4. The summed E-state index contributed by atoms with van der Waals surface area (Å²) in [6, 6.07) is 0. The van der Waals surface area contributed by atoms with Gasteiger partial charge in [0.25, 0.3) is 0 Å². The van der Waals surface area contributed by atoms with Crippen molar-refractivity contribution in [2.75, 3.05) is 59.8 Å². The van der Waals surface area contributed by atoms with Gasteiger partial charge in [-0.05, 0) is 12.8 Å². The number of phosphoric ester groups is 1. The highest BCUT2D eigenvalue weighted by Crippen LogP contribution is 2.43. The number of hydrogen-bond donors (Lipinski definition) is 2. The number of carbonyl (C=O) groups is 2. The molecule has 0 fully saturated rings. The Hall–Kier alpha value is -1.07. The fourth-order valence-electron chi connectivity index (χ4n) is 5.45. The first-order valence-corrected chi connectivity index (χ1v) is 21.6. The monoisotopic (exact) mass is 738 g/mol. The molecule has 11 nitrogen and oxygen atoms in total. The van der Waals surface area contributed by atoms with E-state index in [1.54, 1.807) is 7.11 Å². The molecule has 0 bridgehead atoms. The third-order valence-electron chi connectivity index (χ3n) is 8.51. The van der Waals surface area contributed by atoms with E-state index in [0.717, 1.165) is 38.5 Å². The van der Waals surface area contributed by atoms with E-state index in [4.69, 9.17) is 28.0 Å². The van der Waals surface area contributed by atoms with Gasteiger partial charge < -0.3 is 29.2 Å². The SMILES string of the molecule is CCCCCCCCCCCCCC(=O)OCC(COP(=O)(O)OCCNCCOCCOC)OC(=O)CCCCCCCCCCCCC. The molecular formula is C38H76NO10P. The Balaban J connectivity index is 4.46. The molecule has 12 heteroatoms. The lowest BCUT2D eigenvalue weighted by Crippen LogP contribution is -2.29. The first kappa shape index (κ1) is 48.9. The van der Waals surface area contributed by atoms with Gasteiger partial charge >= 0.3 is 19.8 Å². The maximum atomic E-state index is 12.6. The molecule has 0 heterocycles. The number of esters is 2. The highest BCUT2D eigenvalue weighted by Gasteiger charge is 2.26. The molecule has 0 aromatic carbocycles. The average molecular weight is 738 g/mol. The van der Waals surface area contributed by atoms with Crippen LogP contribution in [-0.4, -0.2) is 82.8 Å². The van der Waals surface area contributed by atoms with Crippen LogP contribution in [0.2, 0.25) is 0 Å². The number of rotatable bonds is 40. The van der Waals surface area contributed by atoms with E-state index in [0.29, 0.717) is 39.3 Å². The van der Waals surface area contributed by atoms with Crippen LogP contribution in [0.15, 0.2) is 0 Å². The number of methoxy groups -OCH3 is 1. The molecule has 0 spiro atoms. The fraction of sp³-hybridized carbons (Fsp3) is 0.947. The van der Waals surface area contributed by atoms with Crippen molar-refractivity contribution < 1.29 is 47.0 Å². The van der Waals surface area contributed by atoms with Crippen molar-refractivity contribution >= 4 is 19.8 Å². The Labute approximate surface area is 305 Å². The summed E-state index contributed by atoms with van der Waals surface area (Å²) in [5.74, 6) is -0.824.